The van der Waals surface area contributed by atoms with Gasteiger partial charge in [-0.3, -0.25) is 10.1 Å². The van der Waals surface area contributed by atoms with E-state index in [-0.39, 0.29) is 5.91 Å². The first-order valence-electron chi connectivity index (χ1n) is 7.16. The van der Waals surface area contributed by atoms with Crippen LogP contribution in [0.4, 0.5) is 5.13 Å². The predicted octanol–water partition coefficient (Wildman–Crippen LogP) is 4.72. The number of nitrogens with one attached hydrogen (secondary N) is 1. The molecule has 0 spiro atoms. The summed E-state index contributed by atoms with van der Waals surface area (Å²) in [7, 11) is 0. The maximum atomic E-state index is 12.2. The van der Waals surface area contributed by atoms with Crippen LogP contribution in [0.15, 0.2) is 57.3 Å². The topological polar surface area (TPSA) is 78.7 Å². The highest BCUT2D eigenvalue weighted by Gasteiger charge is 2.11. The molecular formula is C17H11BrN4OS2. The van der Waals surface area contributed by atoms with Gasteiger partial charge >= 0.3 is 0 Å². The van der Waals surface area contributed by atoms with Gasteiger partial charge in [-0.1, -0.05) is 57.2 Å². The van der Waals surface area contributed by atoms with Crippen LogP contribution >= 0.6 is 39.0 Å². The van der Waals surface area contributed by atoms with Crippen LogP contribution in [-0.4, -0.2) is 16.1 Å². The summed E-state index contributed by atoms with van der Waals surface area (Å²) >= 11 is 6.21. The number of rotatable bonds is 5. The van der Waals surface area contributed by atoms with Crippen molar-refractivity contribution in [2.45, 2.75) is 10.1 Å². The molecule has 0 unspecified atom stereocenters. The van der Waals surface area contributed by atoms with E-state index in [1.54, 1.807) is 30.3 Å². The average Bonchev–Trinajstić information content (AvgIpc) is 3.08. The second-order valence-corrected chi connectivity index (χ2v) is 8.05. The molecule has 0 aliphatic carbocycles. The zero-order valence-corrected chi connectivity index (χ0v) is 16.0. The van der Waals surface area contributed by atoms with E-state index < -0.39 is 0 Å². The van der Waals surface area contributed by atoms with E-state index >= 15 is 0 Å². The van der Waals surface area contributed by atoms with Crippen LogP contribution in [0.5, 0.6) is 0 Å². The molecular weight excluding hydrogens is 420 g/mol. The Balaban J connectivity index is 1.58. The fraction of sp³-hybridized carbons (Fsp3) is 0.0588. The Morgan fingerprint density at radius 2 is 2.04 bits per heavy atom. The summed E-state index contributed by atoms with van der Waals surface area (Å²) in [4.78, 5) is 12.2. The van der Waals surface area contributed by atoms with Gasteiger partial charge in [0.05, 0.1) is 11.6 Å². The van der Waals surface area contributed by atoms with Crippen molar-refractivity contribution in [2.24, 2.45) is 0 Å². The van der Waals surface area contributed by atoms with Gasteiger partial charge in [0.1, 0.15) is 0 Å². The second-order valence-electron chi connectivity index (χ2n) is 4.93. The molecule has 0 saturated heterocycles. The van der Waals surface area contributed by atoms with Gasteiger partial charge in [-0.25, -0.2) is 0 Å². The van der Waals surface area contributed by atoms with Crippen LogP contribution in [0, 0.1) is 11.3 Å². The number of carbonyl (C=O) groups excluding carboxylic acids is 1. The Morgan fingerprint density at radius 3 is 2.76 bits per heavy atom. The van der Waals surface area contributed by atoms with E-state index in [0.717, 1.165) is 20.1 Å². The summed E-state index contributed by atoms with van der Waals surface area (Å²) < 4.78 is 1.62. The highest BCUT2D eigenvalue weighted by molar-refractivity contribution is 9.10. The molecule has 0 bridgehead atoms. The highest BCUT2D eigenvalue weighted by Crippen LogP contribution is 2.28. The molecule has 2 aromatic carbocycles. The van der Waals surface area contributed by atoms with E-state index in [2.05, 4.69) is 37.5 Å². The lowest BCUT2D eigenvalue weighted by molar-refractivity contribution is 0.102. The summed E-state index contributed by atoms with van der Waals surface area (Å²) in [5.41, 5.74) is 2.29. The molecule has 25 heavy (non-hydrogen) atoms. The third kappa shape index (κ3) is 4.89. The van der Waals surface area contributed by atoms with Gasteiger partial charge in [0.25, 0.3) is 5.91 Å². The van der Waals surface area contributed by atoms with E-state index in [0.29, 0.717) is 16.3 Å². The van der Waals surface area contributed by atoms with E-state index in [1.165, 1.54) is 23.1 Å². The molecule has 3 aromatic rings. The first kappa shape index (κ1) is 17.6. The van der Waals surface area contributed by atoms with Crippen molar-refractivity contribution < 1.29 is 4.79 Å². The first-order valence-corrected chi connectivity index (χ1v) is 9.76. The molecule has 0 aliphatic heterocycles. The third-order valence-corrected chi connectivity index (χ3v) is 5.70. The Hall–Kier alpha value is -2.21. The number of anilines is 1. The minimum absolute atomic E-state index is 0.221. The van der Waals surface area contributed by atoms with Crippen LogP contribution in [0.2, 0.25) is 0 Å². The molecule has 0 radical (unpaired) electrons. The molecule has 0 fully saturated rings. The van der Waals surface area contributed by atoms with Crippen LogP contribution in [0.25, 0.3) is 0 Å². The zero-order chi connectivity index (χ0) is 17.6. The fourth-order valence-corrected chi connectivity index (χ4v) is 4.04. The van der Waals surface area contributed by atoms with E-state index in [9.17, 15) is 4.79 Å². The summed E-state index contributed by atoms with van der Waals surface area (Å²) in [6, 6.07) is 16.7. The number of thioether (sulfide) groups is 1. The quantitative estimate of drug-likeness (QED) is 0.467. The van der Waals surface area contributed by atoms with Gasteiger partial charge < -0.3 is 0 Å². The lowest BCUT2D eigenvalue weighted by Crippen LogP contribution is -2.11. The monoisotopic (exact) mass is 430 g/mol. The highest BCUT2D eigenvalue weighted by atomic mass is 79.9. The van der Waals surface area contributed by atoms with Crippen molar-refractivity contribution in [3.63, 3.8) is 0 Å². The minimum atomic E-state index is -0.221. The number of carbonyl (C=O) groups is 1. The smallest absolute Gasteiger partial charge is 0.257 e. The molecule has 0 atom stereocenters. The third-order valence-electron chi connectivity index (χ3n) is 3.16. The van der Waals surface area contributed by atoms with Crippen molar-refractivity contribution in [1.82, 2.24) is 10.2 Å². The van der Waals surface area contributed by atoms with Gasteiger partial charge in [-0.2, -0.15) is 5.26 Å². The maximum Gasteiger partial charge on any atom is 0.257 e. The maximum absolute atomic E-state index is 12.2. The van der Waals surface area contributed by atoms with Gasteiger partial charge in [-0.05, 0) is 35.9 Å². The van der Waals surface area contributed by atoms with E-state index in [1.807, 2.05) is 18.2 Å². The summed E-state index contributed by atoms with van der Waals surface area (Å²) in [6.45, 7) is 0. The number of amides is 1. The van der Waals surface area contributed by atoms with Crippen LogP contribution < -0.4 is 5.32 Å². The molecule has 8 heteroatoms. The Labute approximate surface area is 161 Å². The summed E-state index contributed by atoms with van der Waals surface area (Å²) in [6.07, 6.45) is 0. The molecule has 0 saturated carbocycles. The van der Waals surface area contributed by atoms with Crippen molar-refractivity contribution >= 4 is 50.1 Å². The zero-order valence-electron chi connectivity index (χ0n) is 12.8. The SMILES string of the molecule is N#Cc1ccc(CSc2nnc(NC(=O)c3cccc(Br)c3)s2)cc1. The predicted molar refractivity (Wildman–Crippen MR) is 103 cm³/mol. The molecule has 1 heterocycles. The Bertz CT molecular complexity index is 934. The van der Waals surface area contributed by atoms with Gasteiger partial charge in [0, 0.05) is 15.8 Å². The molecule has 1 N–H and O–H groups in total. The van der Waals surface area contributed by atoms with Crippen molar-refractivity contribution in [3.05, 3.63) is 69.7 Å². The summed E-state index contributed by atoms with van der Waals surface area (Å²) in [5, 5.41) is 20.1. The van der Waals surface area contributed by atoms with Crippen molar-refractivity contribution in [3.8, 4) is 6.07 Å². The largest absolute Gasteiger partial charge is 0.296 e. The number of nitrogens with zero attached hydrogens (tertiary/aromatic N) is 3. The Morgan fingerprint density at radius 1 is 1.24 bits per heavy atom. The molecule has 3 rings (SSSR count). The normalized spacial score (nSPS) is 10.2. The lowest BCUT2D eigenvalue weighted by atomic mass is 10.2. The lowest BCUT2D eigenvalue weighted by Gasteiger charge is -2.01. The van der Waals surface area contributed by atoms with Crippen LogP contribution in [0.1, 0.15) is 21.5 Å². The van der Waals surface area contributed by atoms with Crippen molar-refractivity contribution in [2.75, 3.05) is 5.32 Å². The van der Waals surface area contributed by atoms with Gasteiger partial charge in [0.15, 0.2) is 4.34 Å². The van der Waals surface area contributed by atoms with Crippen molar-refractivity contribution in [1.29, 1.82) is 5.26 Å². The average molecular weight is 431 g/mol. The van der Waals surface area contributed by atoms with Gasteiger partial charge in [-0.15, -0.1) is 10.2 Å². The van der Waals surface area contributed by atoms with Gasteiger partial charge in [0.2, 0.25) is 5.13 Å². The summed E-state index contributed by atoms with van der Waals surface area (Å²) in [5.74, 6) is 0.501. The number of nitriles is 1. The number of aromatic nitrogens is 2. The molecule has 1 amide bonds. The minimum Gasteiger partial charge on any atom is -0.296 e. The molecule has 0 aliphatic rings. The molecule has 1 aromatic heterocycles. The first-order chi connectivity index (χ1) is 12.1. The molecule has 5 nitrogen and oxygen atoms in total. The number of halogens is 1. The second kappa shape index (κ2) is 8.25. The standard InChI is InChI=1S/C17H11BrN4OS2/c18-14-3-1-2-13(8-14)15(23)20-16-21-22-17(25-16)24-10-12-6-4-11(9-19)5-7-12/h1-8H,10H2,(H,20,21,23). The van der Waals surface area contributed by atoms with Crippen LogP contribution in [-0.2, 0) is 5.75 Å². The fourth-order valence-electron chi connectivity index (χ4n) is 1.94. The van der Waals surface area contributed by atoms with E-state index in [4.69, 9.17) is 5.26 Å². The number of hydrogen-bond acceptors (Lipinski definition) is 6. The molecule has 124 valence electrons. The number of benzene rings is 2. The Kier molecular flexibility index (Phi) is 5.81. The van der Waals surface area contributed by atoms with Crippen LogP contribution in [0.3, 0.4) is 0 Å². The number of hydrogen-bond donors (Lipinski definition) is 1.